The van der Waals surface area contributed by atoms with Gasteiger partial charge in [-0.3, -0.25) is 9.59 Å². The van der Waals surface area contributed by atoms with Gasteiger partial charge in [0.2, 0.25) is 12.2 Å². The molecule has 0 unspecified atom stereocenters. The van der Waals surface area contributed by atoms with Crippen LogP contribution in [0, 0.1) is 6.92 Å². The molecule has 0 aliphatic rings. The van der Waals surface area contributed by atoms with E-state index in [9.17, 15) is 24.0 Å². The topological polar surface area (TPSA) is 200 Å². The van der Waals surface area contributed by atoms with Gasteiger partial charge in [-0.2, -0.15) is 9.98 Å². The zero-order chi connectivity index (χ0) is 26.8. The van der Waals surface area contributed by atoms with Crippen molar-refractivity contribution in [1.82, 2.24) is 0 Å². The normalized spacial score (nSPS) is 8.35. The van der Waals surface area contributed by atoms with Crippen LogP contribution in [0.25, 0.3) is 0 Å². The molecule has 12 nitrogen and oxygen atoms in total. The molecule has 0 aliphatic carbocycles. The third-order valence-electron chi connectivity index (χ3n) is 3.14. The van der Waals surface area contributed by atoms with E-state index in [2.05, 4.69) is 21.3 Å². The molecule has 0 fully saturated rings. The number of ether oxygens (including phenoxy) is 1. The van der Waals surface area contributed by atoms with Gasteiger partial charge >= 0.3 is 17.9 Å². The van der Waals surface area contributed by atoms with Gasteiger partial charge in [0.25, 0.3) is 0 Å². The van der Waals surface area contributed by atoms with Crippen molar-refractivity contribution in [3.05, 3.63) is 36.4 Å². The molecule has 34 heavy (non-hydrogen) atoms. The highest BCUT2D eigenvalue weighted by molar-refractivity contribution is 5.81. The lowest BCUT2D eigenvalue weighted by atomic mass is 10.1. The van der Waals surface area contributed by atoms with E-state index >= 15 is 0 Å². The fourth-order valence-corrected chi connectivity index (χ4v) is 1.71. The lowest BCUT2D eigenvalue weighted by molar-refractivity contribution is -0.139. The number of benzene rings is 1. The number of carbonyl (C=O) groups is 3. The summed E-state index contributed by atoms with van der Waals surface area (Å²) in [4.78, 5) is 56.8. The average Bonchev–Trinajstić information content (AvgIpc) is 2.79. The van der Waals surface area contributed by atoms with E-state index in [-0.39, 0.29) is 32.7 Å². The van der Waals surface area contributed by atoms with E-state index < -0.39 is 17.9 Å². The van der Waals surface area contributed by atoms with Gasteiger partial charge in [-0.25, -0.2) is 14.4 Å². The number of carboxylic acids is 2. The molecule has 1 aromatic carbocycles. The number of aliphatic hydroxyl groups excluding tert-OH is 2. The summed E-state index contributed by atoms with van der Waals surface area (Å²) in [7, 11) is 0. The second-order valence-electron chi connectivity index (χ2n) is 5.73. The minimum atomic E-state index is -0.870. The van der Waals surface area contributed by atoms with Gasteiger partial charge in [0.15, 0.2) is 0 Å². The monoisotopic (exact) mass is 482 g/mol. The maximum atomic E-state index is 10.1. The van der Waals surface area contributed by atoms with Gasteiger partial charge < -0.3 is 25.2 Å². The number of carboxylic acid groups (broad SMARTS) is 2. The molecular formula is C22H30N2O10. The Hall–Kier alpha value is -3.95. The van der Waals surface area contributed by atoms with Crippen LogP contribution in [0.2, 0.25) is 0 Å². The Labute approximate surface area is 196 Å². The first-order valence-corrected chi connectivity index (χ1v) is 9.84. The van der Waals surface area contributed by atoms with Crippen molar-refractivity contribution in [2.24, 2.45) is 9.98 Å². The van der Waals surface area contributed by atoms with Crippen molar-refractivity contribution in [1.29, 1.82) is 0 Å². The Morgan fingerprint density at radius 2 is 1.41 bits per heavy atom. The molecule has 1 aromatic rings. The molecule has 0 radical (unpaired) electrons. The summed E-state index contributed by atoms with van der Waals surface area (Å²) >= 11 is 0. The molecule has 0 amide bonds. The molecule has 12 heteroatoms. The van der Waals surface area contributed by atoms with Crippen molar-refractivity contribution in [2.45, 2.75) is 39.5 Å². The van der Waals surface area contributed by atoms with E-state index in [0.29, 0.717) is 29.8 Å². The number of hydrogen-bond acceptors (Lipinski definition) is 10. The number of aliphatic hydroxyl groups is 2. The molecule has 0 aliphatic heterocycles. The van der Waals surface area contributed by atoms with E-state index in [1.807, 2.05) is 0 Å². The minimum Gasteiger partial charge on any atom is -0.481 e. The standard InChI is InChI=1S/C9H6N2O2.C6H10O4.C5H8O3.C2H6O/c1-7-8(10-5-12)3-2-4-9(7)11-6-13;7-5(8)3-1-2-4-6(9)10;1-2-5(7)8-4-3-6;1-2-3/h2-4H,1H3;1-4H2,(H,7,8)(H,9,10);2,6H,1,3-4H2;3H,2H2,1H3. The van der Waals surface area contributed by atoms with E-state index in [1.54, 1.807) is 32.0 Å². The van der Waals surface area contributed by atoms with E-state index in [0.717, 1.165) is 6.08 Å². The second kappa shape index (κ2) is 25.3. The molecule has 0 saturated carbocycles. The first-order chi connectivity index (χ1) is 16.1. The molecule has 0 heterocycles. The highest BCUT2D eigenvalue weighted by Gasteiger charge is 2.01. The summed E-state index contributed by atoms with van der Waals surface area (Å²) in [6, 6.07) is 4.94. The highest BCUT2D eigenvalue weighted by Crippen LogP contribution is 2.26. The fourth-order valence-electron chi connectivity index (χ4n) is 1.71. The smallest absolute Gasteiger partial charge is 0.330 e. The second-order valence-corrected chi connectivity index (χ2v) is 5.73. The molecule has 1 rings (SSSR count). The van der Waals surface area contributed by atoms with Crippen LogP contribution in [0.5, 0.6) is 0 Å². The molecule has 0 bridgehead atoms. The number of aliphatic imine (C=N–C) groups is 2. The van der Waals surface area contributed by atoms with Gasteiger partial charge in [-0.1, -0.05) is 12.6 Å². The van der Waals surface area contributed by atoms with Crippen molar-refractivity contribution in [2.75, 3.05) is 19.8 Å². The third kappa shape index (κ3) is 24.3. The number of aliphatic carboxylic acids is 2. The van der Waals surface area contributed by atoms with Crippen molar-refractivity contribution in [3.63, 3.8) is 0 Å². The Kier molecular flexibility index (Phi) is 25.8. The predicted octanol–water partition coefficient (Wildman–Crippen LogP) is 2.35. The van der Waals surface area contributed by atoms with Crippen molar-refractivity contribution in [3.8, 4) is 0 Å². The zero-order valence-electron chi connectivity index (χ0n) is 19.1. The molecule has 0 aromatic heterocycles. The molecule has 0 saturated heterocycles. The lowest BCUT2D eigenvalue weighted by Gasteiger charge is -1.99. The van der Waals surface area contributed by atoms with E-state index in [4.69, 9.17) is 20.4 Å². The third-order valence-corrected chi connectivity index (χ3v) is 3.14. The molecule has 0 atom stereocenters. The van der Waals surface area contributed by atoms with E-state index in [1.165, 1.54) is 12.2 Å². The summed E-state index contributed by atoms with van der Waals surface area (Å²) in [5.74, 6) is -2.24. The van der Waals surface area contributed by atoms with Crippen LogP contribution >= 0.6 is 0 Å². The minimum absolute atomic E-state index is 0.0465. The molecular weight excluding hydrogens is 452 g/mol. The highest BCUT2D eigenvalue weighted by atomic mass is 16.5. The van der Waals surface area contributed by atoms with Gasteiger partial charge in [0, 0.05) is 31.1 Å². The van der Waals surface area contributed by atoms with Crippen LogP contribution in [0.4, 0.5) is 11.4 Å². The maximum Gasteiger partial charge on any atom is 0.330 e. The van der Waals surface area contributed by atoms with Crippen LogP contribution in [0.1, 0.15) is 38.2 Å². The van der Waals surface area contributed by atoms with Gasteiger partial charge in [-0.05, 0) is 38.8 Å². The Morgan fingerprint density at radius 1 is 1.00 bits per heavy atom. The number of nitrogens with zero attached hydrogens (tertiary/aromatic N) is 2. The summed E-state index contributed by atoms with van der Waals surface area (Å²) in [5, 5.41) is 31.9. The van der Waals surface area contributed by atoms with Crippen LogP contribution in [0.3, 0.4) is 0 Å². The number of rotatable bonds is 10. The Bertz CT molecular complexity index is 790. The Morgan fingerprint density at radius 3 is 1.71 bits per heavy atom. The van der Waals surface area contributed by atoms with Crippen molar-refractivity contribution < 1.29 is 49.1 Å². The summed E-state index contributed by atoms with van der Waals surface area (Å²) in [5.41, 5.74) is 1.59. The number of unbranched alkanes of at least 4 members (excludes halogenated alkanes) is 1. The predicted molar refractivity (Wildman–Crippen MR) is 121 cm³/mol. The van der Waals surface area contributed by atoms with Gasteiger partial charge in [-0.15, -0.1) is 0 Å². The number of carbonyl (C=O) groups excluding carboxylic acids is 3. The zero-order valence-corrected chi connectivity index (χ0v) is 19.1. The van der Waals surface area contributed by atoms with Gasteiger partial charge in [0.1, 0.15) is 6.61 Å². The van der Waals surface area contributed by atoms with Crippen molar-refractivity contribution >= 4 is 41.4 Å². The first kappa shape index (κ1) is 34.7. The average molecular weight is 482 g/mol. The number of hydrogen-bond donors (Lipinski definition) is 4. The van der Waals surface area contributed by atoms with Crippen LogP contribution in [0.15, 0.2) is 40.8 Å². The van der Waals surface area contributed by atoms with Crippen LogP contribution < -0.4 is 0 Å². The largest absolute Gasteiger partial charge is 0.481 e. The van der Waals surface area contributed by atoms with Gasteiger partial charge in [0.05, 0.1) is 18.0 Å². The van der Waals surface area contributed by atoms with Crippen LogP contribution in [-0.4, -0.2) is 70.3 Å². The first-order valence-electron chi connectivity index (χ1n) is 9.84. The summed E-state index contributed by atoms with van der Waals surface area (Å²) < 4.78 is 4.33. The maximum absolute atomic E-state index is 10.1. The number of isocyanates is 2. The summed E-state index contributed by atoms with van der Waals surface area (Å²) in [6.07, 6.45) is 4.93. The number of esters is 1. The fraction of sp³-hybridized carbons (Fsp3) is 0.409. The van der Waals surface area contributed by atoms with Crippen LogP contribution in [-0.2, 0) is 28.7 Å². The molecule has 4 N–H and O–H groups in total. The quantitative estimate of drug-likeness (QED) is 0.126. The summed E-state index contributed by atoms with van der Waals surface area (Å²) in [6.45, 7) is 6.71. The Balaban J connectivity index is -0.000000412. The lowest BCUT2D eigenvalue weighted by Crippen LogP contribution is -2.04. The SMILES string of the molecule is C=CC(=O)OCCO.CCO.Cc1c(N=C=O)cccc1N=C=O.O=C(O)CCCCC(=O)O. The molecule has 0 spiro atoms. The molecule has 188 valence electrons.